The fourth-order valence-electron chi connectivity index (χ4n) is 3.31. The second-order valence-electron chi connectivity index (χ2n) is 6.54. The van der Waals surface area contributed by atoms with E-state index in [1.54, 1.807) is 0 Å². The Morgan fingerprint density at radius 1 is 1.42 bits per heavy atom. The summed E-state index contributed by atoms with van der Waals surface area (Å²) in [5, 5.41) is 15.2. The molecule has 1 fully saturated rings. The predicted octanol–water partition coefficient (Wildman–Crippen LogP) is 3.41. The van der Waals surface area contributed by atoms with Crippen LogP contribution in [0.25, 0.3) is 0 Å². The van der Waals surface area contributed by atoms with E-state index >= 15 is 0 Å². The van der Waals surface area contributed by atoms with Gasteiger partial charge in [-0.15, -0.1) is 0 Å². The van der Waals surface area contributed by atoms with E-state index in [0.717, 1.165) is 50.5 Å². The van der Waals surface area contributed by atoms with E-state index in [-0.39, 0.29) is 0 Å². The summed E-state index contributed by atoms with van der Waals surface area (Å²) < 4.78 is 1.94. The molecule has 1 aromatic heterocycles. The zero-order valence-electron chi connectivity index (χ0n) is 12.6. The van der Waals surface area contributed by atoms with Gasteiger partial charge in [-0.2, -0.15) is 5.10 Å². The van der Waals surface area contributed by atoms with Crippen molar-refractivity contribution in [3.63, 3.8) is 0 Å². The molecular formula is C16H28N2O. The number of aromatic nitrogens is 2. The summed E-state index contributed by atoms with van der Waals surface area (Å²) in [6, 6.07) is 0. The first-order chi connectivity index (χ1) is 9.02. The highest BCUT2D eigenvalue weighted by Gasteiger charge is 2.32. The van der Waals surface area contributed by atoms with Gasteiger partial charge in [0.25, 0.3) is 0 Å². The molecule has 1 saturated carbocycles. The number of nitrogens with zero attached hydrogens (tertiary/aromatic N) is 2. The molecule has 1 aromatic rings. The number of aliphatic hydroxyl groups is 1. The summed E-state index contributed by atoms with van der Waals surface area (Å²) >= 11 is 0. The molecule has 1 N–H and O–H groups in total. The monoisotopic (exact) mass is 264 g/mol. The van der Waals surface area contributed by atoms with Crippen LogP contribution in [-0.2, 0) is 13.0 Å². The Balaban J connectivity index is 1.98. The normalized spacial score (nSPS) is 28.6. The van der Waals surface area contributed by atoms with E-state index in [2.05, 4.69) is 32.1 Å². The standard InChI is InChI=1S/C16H28N2O/c1-4-18-12-14(11-17-18)10-16(19)8-5-6-15(7-9-16)13(2)3/h11-13,15,19H,4-10H2,1-3H3. The van der Waals surface area contributed by atoms with Crippen LogP contribution in [0.2, 0.25) is 0 Å². The van der Waals surface area contributed by atoms with Crippen molar-refractivity contribution in [2.75, 3.05) is 0 Å². The summed E-state index contributed by atoms with van der Waals surface area (Å²) in [7, 11) is 0. The van der Waals surface area contributed by atoms with Crippen LogP contribution in [0.4, 0.5) is 0 Å². The second kappa shape index (κ2) is 6.08. The van der Waals surface area contributed by atoms with Gasteiger partial charge in [0, 0.05) is 19.2 Å². The summed E-state index contributed by atoms with van der Waals surface area (Å²) in [4.78, 5) is 0. The molecule has 19 heavy (non-hydrogen) atoms. The third kappa shape index (κ3) is 3.82. The predicted molar refractivity (Wildman–Crippen MR) is 78.0 cm³/mol. The lowest BCUT2D eigenvalue weighted by Gasteiger charge is -2.26. The van der Waals surface area contributed by atoms with Crippen molar-refractivity contribution < 1.29 is 5.11 Å². The highest BCUT2D eigenvalue weighted by Crippen LogP contribution is 2.35. The van der Waals surface area contributed by atoms with E-state index in [0.29, 0.717) is 0 Å². The number of rotatable bonds is 4. The van der Waals surface area contributed by atoms with Gasteiger partial charge in [0.05, 0.1) is 11.8 Å². The van der Waals surface area contributed by atoms with Crippen molar-refractivity contribution in [1.29, 1.82) is 0 Å². The maximum absolute atomic E-state index is 10.8. The van der Waals surface area contributed by atoms with Crippen molar-refractivity contribution in [2.24, 2.45) is 11.8 Å². The van der Waals surface area contributed by atoms with Gasteiger partial charge < -0.3 is 5.11 Å². The lowest BCUT2D eigenvalue weighted by atomic mass is 9.86. The van der Waals surface area contributed by atoms with Crippen molar-refractivity contribution >= 4 is 0 Å². The summed E-state index contributed by atoms with van der Waals surface area (Å²) in [6.45, 7) is 7.60. The van der Waals surface area contributed by atoms with Crippen LogP contribution >= 0.6 is 0 Å². The molecule has 0 amide bonds. The topological polar surface area (TPSA) is 38.0 Å². The zero-order chi connectivity index (χ0) is 13.9. The first-order valence-corrected chi connectivity index (χ1v) is 7.76. The third-order valence-electron chi connectivity index (χ3n) is 4.68. The Kier molecular flexibility index (Phi) is 4.67. The van der Waals surface area contributed by atoms with E-state index in [1.165, 1.54) is 12.0 Å². The van der Waals surface area contributed by atoms with Crippen molar-refractivity contribution in [2.45, 2.75) is 71.4 Å². The lowest BCUT2D eigenvalue weighted by Crippen LogP contribution is -2.30. The second-order valence-corrected chi connectivity index (χ2v) is 6.54. The van der Waals surface area contributed by atoms with E-state index in [4.69, 9.17) is 0 Å². The first kappa shape index (κ1) is 14.6. The Bertz CT molecular complexity index is 399. The minimum atomic E-state index is -0.509. The molecule has 0 aliphatic heterocycles. The lowest BCUT2D eigenvalue weighted by molar-refractivity contribution is 0.0236. The molecule has 0 saturated heterocycles. The van der Waals surface area contributed by atoms with Gasteiger partial charge in [-0.05, 0) is 43.6 Å². The molecule has 1 heterocycles. The molecule has 0 radical (unpaired) electrons. The van der Waals surface area contributed by atoms with E-state index < -0.39 is 5.60 Å². The molecule has 2 unspecified atom stereocenters. The summed E-state index contributed by atoms with van der Waals surface area (Å²) in [6.07, 6.45) is 10.2. The maximum atomic E-state index is 10.8. The number of hydrogen-bond donors (Lipinski definition) is 1. The van der Waals surface area contributed by atoms with E-state index in [9.17, 15) is 5.11 Å². The Hall–Kier alpha value is -0.830. The van der Waals surface area contributed by atoms with Crippen molar-refractivity contribution in [3.8, 4) is 0 Å². The van der Waals surface area contributed by atoms with E-state index in [1.807, 2.05) is 10.9 Å². The van der Waals surface area contributed by atoms with Crippen LogP contribution in [-0.4, -0.2) is 20.5 Å². The van der Waals surface area contributed by atoms with Gasteiger partial charge >= 0.3 is 0 Å². The number of aryl methyl sites for hydroxylation is 1. The zero-order valence-corrected chi connectivity index (χ0v) is 12.6. The Morgan fingerprint density at radius 2 is 2.21 bits per heavy atom. The summed E-state index contributed by atoms with van der Waals surface area (Å²) in [5.74, 6) is 1.53. The van der Waals surface area contributed by atoms with Crippen LogP contribution in [0.15, 0.2) is 12.4 Å². The fraction of sp³-hybridized carbons (Fsp3) is 0.812. The molecule has 3 nitrogen and oxygen atoms in total. The highest BCUT2D eigenvalue weighted by atomic mass is 16.3. The summed E-state index contributed by atoms with van der Waals surface area (Å²) in [5.41, 5.74) is 0.665. The van der Waals surface area contributed by atoms with Gasteiger partial charge in [0.2, 0.25) is 0 Å². The van der Waals surface area contributed by atoms with Gasteiger partial charge in [0.1, 0.15) is 0 Å². The van der Waals surface area contributed by atoms with Crippen LogP contribution in [0.1, 0.15) is 58.4 Å². The molecule has 2 rings (SSSR count). The van der Waals surface area contributed by atoms with Gasteiger partial charge in [-0.3, -0.25) is 4.68 Å². The van der Waals surface area contributed by atoms with Crippen LogP contribution < -0.4 is 0 Å². The maximum Gasteiger partial charge on any atom is 0.0689 e. The van der Waals surface area contributed by atoms with Gasteiger partial charge in [-0.1, -0.05) is 26.7 Å². The van der Waals surface area contributed by atoms with Gasteiger partial charge in [-0.25, -0.2) is 0 Å². The quantitative estimate of drug-likeness (QED) is 0.846. The largest absolute Gasteiger partial charge is 0.390 e. The molecule has 1 aliphatic rings. The van der Waals surface area contributed by atoms with Gasteiger partial charge in [0.15, 0.2) is 0 Å². The fourth-order valence-corrected chi connectivity index (χ4v) is 3.31. The Labute approximate surface area is 117 Å². The average molecular weight is 264 g/mol. The molecule has 0 bridgehead atoms. The Morgan fingerprint density at radius 3 is 2.84 bits per heavy atom. The molecule has 1 aliphatic carbocycles. The van der Waals surface area contributed by atoms with Crippen molar-refractivity contribution in [3.05, 3.63) is 18.0 Å². The van der Waals surface area contributed by atoms with Crippen LogP contribution in [0.5, 0.6) is 0 Å². The minimum absolute atomic E-state index is 0.509. The SMILES string of the molecule is CCn1cc(CC2(O)CCCC(C(C)C)CC2)cn1. The molecule has 0 aromatic carbocycles. The average Bonchev–Trinajstić information content (AvgIpc) is 2.71. The van der Waals surface area contributed by atoms with Crippen LogP contribution in [0.3, 0.4) is 0 Å². The molecular weight excluding hydrogens is 236 g/mol. The first-order valence-electron chi connectivity index (χ1n) is 7.76. The minimum Gasteiger partial charge on any atom is -0.390 e. The smallest absolute Gasteiger partial charge is 0.0689 e. The van der Waals surface area contributed by atoms with Crippen LogP contribution in [0, 0.1) is 11.8 Å². The third-order valence-corrected chi connectivity index (χ3v) is 4.68. The molecule has 3 heteroatoms. The highest BCUT2D eigenvalue weighted by molar-refractivity contribution is 5.08. The van der Waals surface area contributed by atoms with Crippen molar-refractivity contribution in [1.82, 2.24) is 9.78 Å². The molecule has 2 atom stereocenters. The molecule has 108 valence electrons. The molecule has 0 spiro atoms. The number of hydrogen-bond acceptors (Lipinski definition) is 2.